The average Bonchev–Trinajstić information content (AvgIpc) is 2.24. The second-order valence-electron chi connectivity index (χ2n) is 3.68. The molecule has 1 unspecified atom stereocenters. The first-order valence-corrected chi connectivity index (χ1v) is 6.95. The van der Waals surface area contributed by atoms with E-state index in [1.807, 2.05) is 24.7 Å². The van der Waals surface area contributed by atoms with Crippen molar-refractivity contribution in [3.8, 4) is 0 Å². The molecule has 0 fully saturated rings. The molecule has 0 spiro atoms. The third kappa shape index (κ3) is 11.9. The normalized spacial score (nSPS) is 11.5. The van der Waals surface area contributed by atoms with Crippen LogP contribution < -0.4 is 5.32 Å². The molecule has 0 aromatic heterocycles. The summed E-state index contributed by atoms with van der Waals surface area (Å²) in [6.45, 7) is 7.82. The Morgan fingerprint density at radius 2 is 1.76 bits per heavy atom. The van der Waals surface area contributed by atoms with Gasteiger partial charge >= 0.3 is 100 Å². The fraction of sp³-hybridized carbons (Fsp3) is 0.833. The van der Waals surface area contributed by atoms with Crippen molar-refractivity contribution < 1.29 is 9.59 Å². The van der Waals surface area contributed by atoms with Crippen LogP contribution in [0.2, 0.25) is 0 Å². The van der Waals surface area contributed by atoms with Gasteiger partial charge in [-0.05, 0) is 0 Å². The summed E-state index contributed by atoms with van der Waals surface area (Å²) in [7, 11) is 1.89. The molecule has 1 amide bonds. The monoisotopic (exact) mass is 304 g/mol. The van der Waals surface area contributed by atoms with Crippen LogP contribution in [0, 0.1) is 0 Å². The SMILES string of the molecule is CC.CC(=O)NCCCCC(C(C)=O)N(C)[As]. The van der Waals surface area contributed by atoms with Gasteiger partial charge in [-0.2, -0.15) is 0 Å². The van der Waals surface area contributed by atoms with Gasteiger partial charge in [0.15, 0.2) is 0 Å². The number of hydrogen-bond donors (Lipinski definition) is 1. The van der Waals surface area contributed by atoms with Crippen molar-refractivity contribution in [3.05, 3.63) is 0 Å². The van der Waals surface area contributed by atoms with Gasteiger partial charge < -0.3 is 0 Å². The van der Waals surface area contributed by atoms with Crippen molar-refractivity contribution >= 4 is 28.8 Å². The fourth-order valence-corrected chi connectivity index (χ4v) is 1.96. The molecule has 0 aliphatic heterocycles. The summed E-state index contributed by atoms with van der Waals surface area (Å²) in [5, 5.41) is 2.74. The third-order valence-corrected chi connectivity index (χ3v) is 2.78. The van der Waals surface area contributed by atoms with Gasteiger partial charge in [0, 0.05) is 0 Å². The summed E-state index contributed by atoms with van der Waals surface area (Å²) in [5.74, 6) is 0.194. The van der Waals surface area contributed by atoms with Crippen molar-refractivity contribution in [1.29, 1.82) is 0 Å². The Labute approximate surface area is 114 Å². The Hall–Kier alpha value is -0.342. The number of amides is 1. The summed E-state index contributed by atoms with van der Waals surface area (Å²) in [6, 6.07) is -0.0117. The van der Waals surface area contributed by atoms with Crippen LogP contribution in [0.3, 0.4) is 0 Å². The van der Waals surface area contributed by atoms with Crippen LogP contribution in [0.4, 0.5) is 0 Å². The minimum absolute atomic E-state index is 0.00222. The predicted molar refractivity (Wildman–Crippen MR) is 71.9 cm³/mol. The van der Waals surface area contributed by atoms with Crippen molar-refractivity contribution in [1.82, 2.24) is 9.13 Å². The van der Waals surface area contributed by atoms with Gasteiger partial charge in [-0.15, -0.1) is 0 Å². The van der Waals surface area contributed by atoms with Gasteiger partial charge in [0.1, 0.15) is 0 Å². The van der Waals surface area contributed by atoms with E-state index >= 15 is 0 Å². The van der Waals surface area contributed by atoms with Gasteiger partial charge in [0.25, 0.3) is 0 Å². The predicted octanol–water partition coefficient (Wildman–Crippen LogP) is 1.29. The molecule has 0 aromatic rings. The molecule has 17 heavy (non-hydrogen) atoms. The molecular weight excluding hydrogens is 279 g/mol. The first-order valence-electron chi connectivity index (χ1n) is 6.11. The number of hydrogen-bond acceptors (Lipinski definition) is 3. The molecule has 100 valence electrons. The van der Waals surface area contributed by atoms with Crippen LogP contribution >= 0.6 is 0 Å². The van der Waals surface area contributed by atoms with E-state index in [1.54, 1.807) is 6.92 Å². The average molecular weight is 304 g/mol. The van der Waals surface area contributed by atoms with E-state index in [-0.39, 0.29) is 17.7 Å². The van der Waals surface area contributed by atoms with Crippen molar-refractivity contribution in [2.45, 2.75) is 53.0 Å². The summed E-state index contributed by atoms with van der Waals surface area (Å²) >= 11 is 2.37. The quantitative estimate of drug-likeness (QED) is 0.569. The number of rotatable bonds is 7. The topological polar surface area (TPSA) is 49.4 Å². The van der Waals surface area contributed by atoms with Crippen molar-refractivity contribution in [3.63, 3.8) is 0 Å². The van der Waals surface area contributed by atoms with Crippen LogP contribution in [0.1, 0.15) is 47.0 Å². The molecular formula is C12H25AsN2O2. The number of carbonyl (C=O) groups excluding carboxylic acids is 2. The molecule has 1 atom stereocenters. The maximum absolute atomic E-state index is 11.2. The molecule has 0 saturated carbocycles. The van der Waals surface area contributed by atoms with Crippen LogP contribution in [0.5, 0.6) is 0 Å². The number of nitrogens with one attached hydrogen (secondary N) is 1. The number of Topliss-reactive ketones (excluding diaryl/α,β-unsaturated/α-hetero) is 1. The summed E-state index contributed by atoms with van der Waals surface area (Å²) < 4.78 is 1.88. The molecule has 1 N–H and O–H groups in total. The van der Waals surface area contributed by atoms with Gasteiger partial charge in [-0.1, -0.05) is 13.8 Å². The molecule has 4 nitrogen and oxygen atoms in total. The van der Waals surface area contributed by atoms with Crippen LogP contribution in [-0.4, -0.2) is 52.2 Å². The van der Waals surface area contributed by atoms with E-state index in [9.17, 15) is 9.59 Å². The molecule has 2 radical (unpaired) electrons. The zero-order chi connectivity index (χ0) is 13.8. The third-order valence-electron chi connectivity index (χ3n) is 2.20. The molecule has 0 aromatic carbocycles. The molecule has 0 aliphatic rings. The van der Waals surface area contributed by atoms with Crippen LogP contribution in [0.15, 0.2) is 0 Å². The Morgan fingerprint density at radius 3 is 2.12 bits per heavy atom. The van der Waals surface area contributed by atoms with Crippen molar-refractivity contribution in [2.24, 2.45) is 0 Å². The standard InChI is InChI=1S/C10H19AsN2O2.C2H6/c1-8(14)10(13(3)11)6-4-5-7-12-9(2)15;1-2/h10H,4-7H2,1-3H3,(H,12,15);1-2H3. The summed E-state index contributed by atoms with van der Waals surface area (Å²) in [6.07, 6.45) is 2.72. The van der Waals surface area contributed by atoms with E-state index in [1.165, 1.54) is 6.92 Å². The second kappa shape index (κ2) is 12.1. The second-order valence-corrected chi connectivity index (χ2v) is 5.00. The first kappa shape index (κ1) is 19.0. The Bertz CT molecular complexity index is 221. The molecule has 5 heteroatoms. The van der Waals surface area contributed by atoms with E-state index in [2.05, 4.69) is 22.4 Å². The van der Waals surface area contributed by atoms with Gasteiger partial charge in [-0.25, -0.2) is 0 Å². The van der Waals surface area contributed by atoms with Crippen LogP contribution in [0.25, 0.3) is 0 Å². The van der Waals surface area contributed by atoms with Crippen LogP contribution in [-0.2, 0) is 9.59 Å². The Balaban J connectivity index is 0. The zero-order valence-corrected chi connectivity index (χ0v) is 13.5. The number of likely N-dealkylation sites (N-methyl/N-ethyl adjacent to an activating group) is 1. The van der Waals surface area contributed by atoms with E-state index < -0.39 is 0 Å². The minimum atomic E-state index is -0.0117. The Kier molecular flexibility index (Phi) is 13.6. The Morgan fingerprint density at radius 1 is 1.24 bits per heavy atom. The molecule has 0 aliphatic carbocycles. The van der Waals surface area contributed by atoms with Gasteiger partial charge in [0.2, 0.25) is 0 Å². The molecule has 0 rings (SSSR count). The van der Waals surface area contributed by atoms with E-state index in [0.29, 0.717) is 6.54 Å². The van der Waals surface area contributed by atoms with E-state index in [4.69, 9.17) is 0 Å². The summed E-state index contributed by atoms with van der Waals surface area (Å²) in [4.78, 5) is 21.8. The number of nitrogens with zero attached hydrogens (tertiary/aromatic N) is 1. The summed E-state index contributed by atoms with van der Waals surface area (Å²) in [5.41, 5.74) is 0. The first-order chi connectivity index (χ1) is 7.95. The number of ketones is 1. The van der Waals surface area contributed by atoms with Gasteiger partial charge in [-0.3, -0.25) is 0 Å². The van der Waals surface area contributed by atoms with E-state index in [0.717, 1.165) is 19.3 Å². The molecule has 0 saturated heterocycles. The number of unbranched alkanes of at least 4 members (excludes halogenated alkanes) is 1. The van der Waals surface area contributed by atoms with Crippen molar-refractivity contribution in [2.75, 3.05) is 13.6 Å². The molecule has 0 bridgehead atoms. The maximum atomic E-state index is 11.2. The fourth-order valence-electron chi connectivity index (χ4n) is 1.38. The van der Waals surface area contributed by atoms with Gasteiger partial charge in [0.05, 0.1) is 0 Å². The number of carbonyl (C=O) groups is 2. The zero-order valence-electron chi connectivity index (χ0n) is 11.6. The molecule has 0 heterocycles.